The van der Waals surface area contributed by atoms with Crippen LogP contribution in [0.15, 0.2) is 21.2 Å². The molecule has 90 valence electrons. The molecule has 2 heterocycles. The Bertz CT molecular complexity index is 525. The topological polar surface area (TPSA) is 70.9 Å². The zero-order chi connectivity index (χ0) is 12.4. The number of rotatable bonds is 3. The van der Waals surface area contributed by atoms with Gasteiger partial charge in [-0.25, -0.2) is 0 Å². The molecule has 1 amide bonds. The van der Waals surface area contributed by atoms with Gasteiger partial charge in [-0.05, 0) is 41.9 Å². The first-order valence-corrected chi connectivity index (χ1v) is 5.91. The van der Waals surface area contributed by atoms with Crippen molar-refractivity contribution >= 4 is 21.8 Å². The van der Waals surface area contributed by atoms with Crippen molar-refractivity contribution in [1.82, 2.24) is 15.5 Å². The maximum Gasteiger partial charge on any atom is 0.287 e. The number of aromatic nitrogens is 2. The van der Waals surface area contributed by atoms with Gasteiger partial charge in [0.1, 0.15) is 0 Å². The summed E-state index contributed by atoms with van der Waals surface area (Å²) >= 11 is 3.15. The molecule has 17 heavy (non-hydrogen) atoms. The van der Waals surface area contributed by atoms with Gasteiger partial charge in [-0.3, -0.25) is 9.89 Å². The van der Waals surface area contributed by atoms with E-state index < -0.39 is 0 Å². The van der Waals surface area contributed by atoms with Crippen LogP contribution in [0.5, 0.6) is 0 Å². The maximum atomic E-state index is 11.7. The Morgan fingerprint density at radius 2 is 2.29 bits per heavy atom. The normalized spacial score (nSPS) is 10.5. The molecule has 5 nitrogen and oxygen atoms in total. The zero-order valence-corrected chi connectivity index (χ0v) is 11.1. The van der Waals surface area contributed by atoms with Gasteiger partial charge in [0.2, 0.25) is 0 Å². The molecule has 2 aromatic heterocycles. The molecule has 0 aliphatic carbocycles. The first kappa shape index (κ1) is 11.9. The highest BCUT2D eigenvalue weighted by Gasteiger charge is 2.12. The van der Waals surface area contributed by atoms with E-state index in [4.69, 9.17) is 4.42 Å². The van der Waals surface area contributed by atoms with Crippen LogP contribution < -0.4 is 5.32 Å². The highest BCUT2D eigenvalue weighted by Crippen LogP contribution is 2.14. The molecular weight excluding hydrogens is 286 g/mol. The van der Waals surface area contributed by atoms with Crippen molar-refractivity contribution in [3.05, 3.63) is 39.5 Å². The van der Waals surface area contributed by atoms with Crippen molar-refractivity contribution in [3.63, 3.8) is 0 Å². The maximum absolute atomic E-state index is 11.7. The van der Waals surface area contributed by atoms with Gasteiger partial charge in [0, 0.05) is 17.8 Å². The average Bonchev–Trinajstić information content (AvgIpc) is 2.84. The first-order valence-electron chi connectivity index (χ1n) is 5.12. The third-order valence-electron chi connectivity index (χ3n) is 2.50. The summed E-state index contributed by atoms with van der Waals surface area (Å²) in [5.74, 6) is 0.0476. The highest BCUT2D eigenvalue weighted by molar-refractivity contribution is 9.10. The van der Waals surface area contributed by atoms with E-state index in [0.29, 0.717) is 11.2 Å². The monoisotopic (exact) mass is 297 g/mol. The minimum atomic E-state index is -0.240. The lowest BCUT2D eigenvalue weighted by atomic mass is 10.2. The number of carbonyl (C=O) groups is 1. The van der Waals surface area contributed by atoms with E-state index in [1.165, 1.54) is 0 Å². The third kappa shape index (κ3) is 2.58. The predicted octanol–water partition coefficient (Wildman–Crippen LogP) is 2.31. The molecule has 0 radical (unpaired) electrons. The van der Waals surface area contributed by atoms with E-state index in [2.05, 4.69) is 31.4 Å². The van der Waals surface area contributed by atoms with Crippen LogP contribution in [0.2, 0.25) is 0 Å². The Morgan fingerprint density at radius 1 is 1.53 bits per heavy atom. The Morgan fingerprint density at radius 3 is 2.82 bits per heavy atom. The van der Waals surface area contributed by atoms with E-state index in [1.54, 1.807) is 12.1 Å². The van der Waals surface area contributed by atoms with E-state index in [-0.39, 0.29) is 11.7 Å². The quantitative estimate of drug-likeness (QED) is 0.913. The number of hydrogen-bond acceptors (Lipinski definition) is 3. The summed E-state index contributed by atoms with van der Waals surface area (Å²) in [6, 6.07) is 3.30. The van der Waals surface area contributed by atoms with Crippen LogP contribution >= 0.6 is 15.9 Å². The number of amides is 1. The summed E-state index contributed by atoms with van der Waals surface area (Å²) in [5, 5.41) is 9.72. The number of hydrogen-bond donors (Lipinski definition) is 2. The van der Waals surface area contributed by atoms with Crippen LogP contribution in [-0.4, -0.2) is 16.1 Å². The molecule has 0 aromatic carbocycles. The molecule has 0 fully saturated rings. The van der Waals surface area contributed by atoms with Crippen molar-refractivity contribution in [3.8, 4) is 0 Å². The summed E-state index contributed by atoms with van der Waals surface area (Å²) in [4.78, 5) is 11.7. The Labute approximate surface area is 107 Å². The first-order chi connectivity index (χ1) is 8.08. The van der Waals surface area contributed by atoms with Gasteiger partial charge in [-0.1, -0.05) is 0 Å². The number of carbonyl (C=O) groups excluding carboxylic acids is 1. The number of nitrogens with one attached hydrogen (secondary N) is 2. The second kappa shape index (κ2) is 4.75. The van der Waals surface area contributed by atoms with Gasteiger partial charge < -0.3 is 9.73 Å². The fourth-order valence-corrected chi connectivity index (χ4v) is 1.83. The Balaban J connectivity index is 2.02. The summed E-state index contributed by atoms with van der Waals surface area (Å²) in [6.45, 7) is 4.25. The standard InChI is InChI=1S/C11H12BrN3O2/c1-6-8(7(2)15-14-6)5-13-11(16)9-3-4-10(12)17-9/h3-4H,5H2,1-2H3,(H,13,16)(H,14,15). The van der Waals surface area contributed by atoms with Gasteiger partial charge in [-0.2, -0.15) is 5.10 Å². The summed E-state index contributed by atoms with van der Waals surface area (Å²) in [6.07, 6.45) is 0. The van der Waals surface area contributed by atoms with Crippen LogP contribution in [0.25, 0.3) is 0 Å². The molecule has 2 aromatic rings. The van der Waals surface area contributed by atoms with E-state index in [9.17, 15) is 4.79 Å². The van der Waals surface area contributed by atoms with Gasteiger partial charge in [0.15, 0.2) is 10.4 Å². The van der Waals surface area contributed by atoms with Gasteiger partial charge >= 0.3 is 0 Å². The zero-order valence-electron chi connectivity index (χ0n) is 9.50. The van der Waals surface area contributed by atoms with Gasteiger partial charge in [0.05, 0.1) is 5.69 Å². The van der Waals surface area contributed by atoms with Gasteiger partial charge in [-0.15, -0.1) is 0 Å². The SMILES string of the molecule is Cc1n[nH]c(C)c1CNC(=O)c1ccc(Br)o1. The number of nitrogens with zero attached hydrogens (tertiary/aromatic N) is 1. The van der Waals surface area contributed by atoms with Crippen LogP contribution in [0.3, 0.4) is 0 Å². The van der Waals surface area contributed by atoms with E-state index >= 15 is 0 Å². The lowest BCUT2D eigenvalue weighted by Crippen LogP contribution is -2.22. The summed E-state index contributed by atoms with van der Waals surface area (Å²) in [7, 11) is 0. The van der Waals surface area contributed by atoms with Gasteiger partial charge in [0.25, 0.3) is 5.91 Å². The van der Waals surface area contributed by atoms with Crippen molar-refractivity contribution in [2.24, 2.45) is 0 Å². The molecule has 0 aliphatic heterocycles. The van der Waals surface area contributed by atoms with E-state index in [0.717, 1.165) is 17.0 Å². The molecule has 0 saturated carbocycles. The van der Waals surface area contributed by atoms with Crippen molar-refractivity contribution in [2.75, 3.05) is 0 Å². The minimum Gasteiger partial charge on any atom is -0.444 e. The lowest BCUT2D eigenvalue weighted by Gasteiger charge is -2.03. The summed E-state index contributed by atoms with van der Waals surface area (Å²) in [5.41, 5.74) is 2.86. The smallest absolute Gasteiger partial charge is 0.287 e. The second-order valence-electron chi connectivity index (χ2n) is 3.70. The molecule has 2 rings (SSSR count). The summed E-state index contributed by atoms with van der Waals surface area (Å²) < 4.78 is 5.70. The third-order valence-corrected chi connectivity index (χ3v) is 2.93. The molecule has 2 N–H and O–H groups in total. The van der Waals surface area contributed by atoms with Crippen LogP contribution in [0.4, 0.5) is 0 Å². The Kier molecular flexibility index (Phi) is 3.33. The lowest BCUT2D eigenvalue weighted by molar-refractivity contribution is 0.0922. The van der Waals surface area contributed by atoms with Crippen LogP contribution in [0, 0.1) is 13.8 Å². The van der Waals surface area contributed by atoms with Crippen molar-refractivity contribution in [2.45, 2.75) is 20.4 Å². The van der Waals surface area contributed by atoms with Crippen LogP contribution in [0.1, 0.15) is 27.5 Å². The average molecular weight is 298 g/mol. The fourth-order valence-electron chi connectivity index (χ4n) is 1.53. The Hall–Kier alpha value is -1.56. The number of H-pyrrole nitrogens is 1. The van der Waals surface area contributed by atoms with E-state index in [1.807, 2.05) is 13.8 Å². The molecule has 0 bridgehead atoms. The number of furan rings is 1. The van der Waals surface area contributed by atoms with Crippen LogP contribution in [-0.2, 0) is 6.54 Å². The molecule has 0 atom stereocenters. The molecule has 0 unspecified atom stereocenters. The fraction of sp³-hybridized carbons (Fsp3) is 0.273. The molecule has 0 aliphatic rings. The highest BCUT2D eigenvalue weighted by atomic mass is 79.9. The molecule has 6 heteroatoms. The van der Waals surface area contributed by atoms with Crippen molar-refractivity contribution < 1.29 is 9.21 Å². The predicted molar refractivity (Wildman–Crippen MR) is 65.6 cm³/mol. The molecule has 0 saturated heterocycles. The number of aromatic amines is 1. The largest absolute Gasteiger partial charge is 0.444 e. The molecule has 0 spiro atoms. The minimum absolute atomic E-state index is 0.240. The second-order valence-corrected chi connectivity index (χ2v) is 4.48. The number of halogens is 1. The number of aryl methyl sites for hydroxylation is 2. The van der Waals surface area contributed by atoms with Crippen molar-refractivity contribution in [1.29, 1.82) is 0 Å². The molecular formula is C11H12BrN3O2.